The van der Waals surface area contributed by atoms with Crippen molar-refractivity contribution < 1.29 is 10.2 Å². The Bertz CT molecular complexity index is 192. The Kier molecular flexibility index (Phi) is 5.64. The third kappa shape index (κ3) is 3.99. The average molecular weight is 231 g/mol. The highest BCUT2D eigenvalue weighted by Gasteiger charge is 2.34. The highest BCUT2D eigenvalue weighted by Crippen LogP contribution is 2.27. The van der Waals surface area contributed by atoms with Gasteiger partial charge in [-0.1, -0.05) is 0 Å². The van der Waals surface area contributed by atoms with Gasteiger partial charge in [-0.15, -0.1) is 0 Å². The van der Waals surface area contributed by atoms with Gasteiger partial charge < -0.3 is 26.6 Å². The van der Waals surface area contributed by atoms with Gasteiger partial charge in [0, 0.05) is 25.6 Å². The minimum atomic E-state index is -1.11. The van der Waals surface area contributed by atoms with E-state index in [0.29, 0.717) is 19.4 Å². The predicted octanol–water partition coefficient (Wildman–Crippen LogP) is -0.923. The van der Waals surface area contributed by atoms with E-state index in [-0.39, 0.29) is 12.5 Å². The summed E-state index contributed by atoms with van der Waals surface area (Å²) in [4.78, 5) is 2.30. The molecular formula is C11H25N3O2. The predicted molar refractivity (Wildman–Crippen MR) is 63.7 cm³/mol. The SMILES string of the molecule is NCCN1CCC(C(N)(O)CCCO)CC1. The normalized spacial score (nSPS) is 23.2. The fourth-order valence-corrected chi connectivity index (χ4v) is 2.41. The van der Waals surface area contributed by atoms with E-state index >= 15 is 0 Å². The van der Waals surface area contributed by atoms with Crippen molar-refractivity contribution >= 4 is 0 Å². The van der Waals surface area contributed by atoms with Crippen LogP contribution in [0.3, 0.4) is 0 Å². The number of hydrogen-bond donors (Lipinski definition) is 4. The molecule has 0 amide bonds. The number of nitrogens with zero attached hydrogens (tertiary/aromatic N) is 1. The van der Waals surface area contributed by atoms with E-state index in [1.165, 1.54) is 0 Å². The Hall–Kier alpha value is -0.200. The topological polar surface area (TPSA) is 95.7 Å². The molecule has 1 saturated heterocycles. The zero-order valence-corrected chi connectivity index (χ0v) is 9.94. The van der Waals surface area contributed by atoms with Crippen molar-refractivity contribution in [3.05, 3.63) is 0 Å². The largest absolute Gasteiger partial charge is 0.396 e. The minimum absolute atomic E-state index is 0.0888. The Morgan fingerprint density at radius 2 is 1.94 bits per heavy atom. The molecule has 0 radical (unpaired) electrons. The van der Waals surface area contributed by atoms with E-state index in [1.54, 1.807) is 0 Å². The number of hydrogen-bond acceptors (Lipinski definition) is 5. The van der Waals surface area contributed by atoms with Crippen LogP contribution in [0, 0.1) is 5.92 Å². The first-order chi connectivity index (χ1) is 7.60. The lowest BCUT2D eigenvalue weighted by molar-refractivity contribution is -0.0479. The molecule has 0 saturated carbocycles. The van der Waals surface area contributed by atoms with E-state index < -0.39 is 5.72 Å². The number of aliphatic hydroxyl groups excluding tert-OH is 1. The summed E-state index contributed by atoms with van der Waals surface area (Å²) in [6.45, 7) is 3.61. The maximum atomic E-state index is 10.1. The van der Waals surface area contributed by atoms with Crippen molar-refractivity contribution in [3.8, 4) is 0 Å². The quantitative estimate of drug-likeness (QED) is 0.443. The van der Waals surface area contributed by atoms with Crippen LogP contribution >= 0.6 is 0 Å². The molecule has 0 aromatic carbocycles. The Labute approximate surface area is 97.4 Å². The number of likely N-dealkylation sites (tertiary alicyclic amines) is 1. The Morgan fingerprint density at radius 1 is 1.31 bits per heavy atom. The summed E-state index contributed by atoms with van der Waals surface area (Å²) in [5, 5.41) is 18.9. The van der Waals surface area contributed by atoms with Crippen molar-refractivity contribution in [2.75, 3.05) is 32.8 Å². The van der Waals surface area contributed by atoms with Gasteiger partial charge in [0.1, 0.15) is 5.72 Å². The third-order valence-corrected chi connectivity index (χ3v) is 3.48. The van der Waals surface area contributed by atoms with Crippen LogP contribution in [-0.2, 0) is 0 Å². The highest BCUT2D eigenvalue weighted by molar-refractivity contribution is 4.85. The fraction of sp³-hybridized carbons (Fsp3) is 1.00. The molecule has 5 nitrogen and oxygen atoms in total. The van der Waals surface area contributed by atoms with Crippen molar-refractivity contribution in [2.45, 2.75) is 31.4 Å². The summed E-state index contributed by atoms with van der Waals surface area (Å²) in [6.07, 6.45) is 2.87. The second kappa shape index (κ2) is 6.51. The summed E-state index contributed by atoms with van der Waals surface area (Å²) in [5.74, 6) is 0.146. The molecule has 0 aliphatic carbocycles. The third-order valence-electron chi connectivity index (χ3n) is 3.48. The zero-order valence-electron chi connectivity index (χ0n) is 9.94. The van der Waals surface area contributed by atoms with Crippen LogP contribution in [0.4, 0.5) is 0 Å². The summed E-state index contributed by atoms with van der Waals surface area (Å²) >= 11 is 0. The molecule has 1 aliphatic rings. The molecule has 1 aliphatic heterocycles. The number of rotatable bonds is 6. The lowest BCUT2D eigenvalue weighted by atomic mass is 9.84. The Morgan fingerprint density at radius 3 is 2.44 bits per heavy atom. The molecule has 0 aromatic heterocycles. The van der Waals surface area contributed by atoms with Crippen molar-refractivity contribution in [2.24, 2.45) is 17.4 Å². The second-order valence-corrected chi connectivity index (χ2v) is 4.72. The van der Waals surface area contributed by atoms with Crippen LogP contribution in [0.2, 0.25) is 0 Å². The molecule has 6 N–H and O–H groups in total. The molecule has 1 heterocycles. The molecule has 1 unspecified atom stereocenters. The van der Waals surface area contributed by atoms with E-state index in [2.05, 4.69) is 4.90 Å². The first kappa shape index (κ1) is 13.9. The van der Waals surface area contributed by atoms with E-state index in [1.807, 2.05) is 0 Å². The number of piperidine rings is 1. The summed E-state index contributed by atoms with van der Waals surface area (Å²) < 4.78 is 0. The van der Waals surface area contributed by atoms with Gasteiger partial charge in [-0.3, -0.25) is 0 Å². The molecule has 0 bridgehead atoms. The Balaban J connectivity index is 2.34. The van der Waals surface area contributed by atoms with Gasteiger partial charge >= 0.3 is 0 Å². The van der Waals surface area contributed by atoms with E-state index in [4.69, 9.17) is 16.6 Å². The minimum Gasteiger partial charge on any atom is -0.396 e. The van der Waals surface area contributed by atoms with Gasteiger partial charge in [0.2, 0.25) is 0 Å². The molecule has 0 aromatic rings. The van der Waals surface area contributed by atoms with Gasteiger partial charge in [-0.25, -0.2) is 0 Å². The molecule has 96 valence electrons. The van der Waals surface area contributed by atoms with Gasteiger partial charge in [-0.2, -0.15) is 0 Å². The lowest BCUT2D eigenvalue weighted by Gasteiger charge is -2.39. The van der Waals surface area contributed by atoms with Crippen LogP contribution in [0.1, 0.15) is 25.7 Å². The van der Waals surface area contributed by atoms with Gasteiger partial charge in [0.05, 0.1) is 0 Å². The summed E-state index contributed by atoms with van der Waals surface area (Å²) in [5.41, 5.74) is 10.3. The lowest BCUT2D eigenvalue weighted by Crippen LogP contribution is -2.51. The molecule has 1 rings (SSSR count). The molecule has 0 spiro atoms. The van der Waals surface area contributed by atoms with Crippen LogP contribution < -0.4 is 11.5 Å². The highest BCUT2D eigenvalue weighted by atomic mass is 16.3. The maximum Gasteiger partial charge on any atom is 0.116 e. The van der Waals surface area contributed by atoms with Gasteiger partial charge in [-0.05, 0) is 38.8 Å². The van der Waals surface area contributed by atoms with Crippen LogP contribution in [0.15, 0.2) is 0 Å². The first-order valence-electron chi connectivity index (χ1n) is 6.14. The number of aliphatic hydroxyl groups is 2. The van der Waals surface area contributed by atoms with Crippen LogP contribution in [0.25, 0.3) is 0 Å². The smallest absolute Gasteiger partial charge is 0.116 e. The van der Waals surface area contributed by atoms with Crippen molar-refractivity contribution in [1.29, 1.82) is 0 Å². The van der Waals surface area contributed by atoms with Gasteiger partial charge in [0.15, 0.2) is 0 Å². The average Bonchev–Trinajstić information content (AvgIpc) is 2.28. The van der Waals surface area contributed by atoms with Crippen LogP contribution in [0.5, 0.6) is 0 Å². The molecule has 1 fully saturated rings. The van der Waals surface area contributed by atoms with Crippen molar-refractivity contribution in [1.82, 2.24) is 4.90 Å². The van der Waals surface area contributed by atoms with E-state index in [0.717, 1.165) is 32.5 Å². The summed E-state index contributed by atoms with van der Waals surface area (Å²) in [6, 6.07) is 0. The molecule has 5 heteroatoms. The van der Waals surface area contributed by atoms with Gasteiger partial charge in [0.25, 0.3) is 0 Å². The summed E-state index contributed by atoms with van der Waals surface area (Å²) in [7, 11) is 0. The molecular weight excluding hydrogens is 206 g/mol. The maximum absolute atomic E-state index is 10.1. The monoisotopic (exact) mass is 231 g/mol. The second-order valence-electron chi connectivity index (χ2n) is 4.72. The van der Waals surface area contributed by atoms with Crippen molar-refractivity contribution in [3.63, 3.8) is 0 Å². The fourth-order valence-electron chi connectivity index (χ4n) is 2.41. The molecule has 16 heavy (non-hydrogen) atoms. The first-order valence-corrected chi connectivity index (χ1v) is 6.14. The standard InChI is InChI=1S/C11H25N3O2/c12-5-8-14-6-2-10(3-7-14)11(13,16)4-1-9-15/h10,15-16H,1-9,12-13H2. The zero-order chi connectivity index (χ0) is 12.0. The molecule has 1 atom stereocenters. The number of nitrogens with two attached hydrogens (primary N) is 2. The van der Waals surface area contributed by atoms with Crippen LogP contribution in [-0.4, -0.2) is 53.6 Å². The van der Waals surface area contributed by atoms with E-state index in [9.17, 15) is 5.11 Å².